The summed E-state index contributed by atoms with van der Waals surface area (Å²) >= 11 is 11.5. The zero-order chi connectivity index (χ0) is 20.1. The van der Waals surface area contributed by atoms with E-state index in [0.29, 0.717) is 48.1 Å². The van der Waals surface area contributed by atoms with Crippen LogP contribution in [0.15, 0.2) is 42.5 Å². The largest absolute Gasteiger partial charge is 0.378 e. The SMILES string of the molecule is Cc1cccc(C(=O)NC(=S)Nc2cc(C(=O)N3CCOCC3)ccc2Cl)c1. The number of anilines is 1. The van der Waals surface area contributed by atoms with Crippen molar-refractivity contribution < 1.29 is 14.3 Å². The fourth-order valence-electron chi connectivity index (χ4n) is 2.82. The molecule has 0 atom stereocenters. The highest BCUT2D eigenvalue weighted by molar-refractivity contribution is 7.80. The van der Waals surface area contributed by atoms with E-state index >= 15 is 0 Å². The van der Waals surface area contributed by atoms with Crippen LogP contribution in [0.1, 0.15) is 26.3 Å². The predicted octanol–water partition coefficient (Wildman–Crippen LogP) is 3.25. The van der Waals surface area contributed by atoms with Crippen molar-refractivity contribution in [1.82, 2.24) is 10.2 Å². The third kappa shape index (κ3) is 5.07. The summed E-state index contributed by atoms with van der Waals surface area (Å²) in [5.41, 5.74) is 2.42. The average molecular weight is 418 g/mol. The highest BCUT2D eigenvalue weighted by atomic mass is 35.5. The molecule has 1 fully saturated rings. The number of nitrogens with zero attached hydrogens (tertiary/aromatic N) is 1. The minimum atomic E-state index is -0.321. The molecule has 0 bridgehead atoms. The molecule has 1 saturated heterocycles. The summed E-state index contributed by atoms with van der Waals surface area (Å²) in [4.78, 5) is 26.7. The minimum absolute atomic E-state index is 0.0993. The van der Waals surface area contributed by atoms with Crippen LogP contribution in [-0.2, 0) is 4.74 Å². The van der Waals surface area contributed by atoms with E-state index in [1.54, 1.807) is 41.3 Å². The molecule has 6 nitrogen and oxygen atoms in total. The third-order valence-corrected chi connectivity index (χ3v) is 4.80. The van der Waals surface area contributed by atoms with Crippen LogP contribution in [0.25, 0.3) is 0 Å². The van der Waals surface area contributed by atoms with Gasteiger partial charge in [-0.05, 0) is 49.5 Å². The van der Waals surface area contributed by atoms with Crippen molar-refractivity contribution in [3.05, 3.63) is 64.2 Å². The number of hydrogen-bond acceptors (Lipinski definition) is 4. The van der Waals surface area contributed by atoms with E-state index in [4.69, 9.17) is 28.6 Å². The fraction of sp³-hybridized carbons (Fsp3) is 0.250. The van der Waals surface area contributed by atoms with Crippen molar-refractivity contribution in [2.24, 2.45) is 0 Å². The molecule has 2 aromatic carbocycles. The van der Waals surface area contributed by atoms with Crippen molar-refractivity contribution in [2.45, 2.75) is 6.92 Å². The number of thiocarbonyl (C=S) groups is 1. The molecule has 0 saturated carbocycles. The van der Waals surface area contributed by atoms with Gasteiger partial charge in [-0.3, -0.25) is 14.9 Å². The lowest BCUT2D eigenvalue weighted by atomic mass is 10.1. The van der Waals surface area contributed by atoms with Crippen LogP contribution in [0.3, 0.4) is 0 Å². The Labute approximate surface area is 173 Å². The van der Waals surface area contributed by atoms with Crippen molar-refractivity contribution >= 4 is 46.4 Å². The van der Waals surface area contributed by atoms with Gasteiger partial charge in [-0.2, -0.15) is 0 Å². The van der Waals surface area contributed by atoms with Crippen molar-refractivity contribution in [3.8, 4) is 0 Å². The molecule has 1 aliphatic rings. The van der Waals surface area contributed by atoms with E-state index in [1.165, 1.54) is 0 Å². The van der Waals surface area contributed by atoms with Gasteiger partial charge < -0.3 is 15.0 Å². The smallest absolute Gasteiger partial charge is 0.257 e. The predicted molar refractivity (Wildman–Crippen MR) is 113 cm³/mol. The van der Waals surface area contributed by atoms with Crippen LogP contribution in [-0.4, -0.2) is 48.1 Å². The minimum Gasteiger partial charge on any atom is -0.378 e. The topological polar surface area (TPSA) is 70.7 Å². The molecule has 28 heavy (non-hydrogen) atoms. The lowest BCUT2D eigenvalue weighted by Gasteiger charge is -2.27. The Bertz CT molecular complexity index is 913. The number of benzene rings is 2. The third-order valence-electron chi connectivity index (χ3n) is 4.27. The number of carbonyl (C=O) groups is 2. The Kier molecular flexibility index (Phi) is 6.61. The number of carbonyl (C=O) groups excluding carboxylic acids is 2. The molecule has 0 unspecified atom stereocenters. The number of halogens is 1. The number of aryl methyl sites for hydroxylation is 1. The Morgan fingerprint density at radius 3 is 2.57 bits per heavy atom. The Hall–Kier alpha value is -2.48. The zero-order valence-electron chi connectivity index (χ0n) is 15.3. The van der Waals surface area contributed by atoms with Crippen LogP contribution in [0, 0.1) is 6.92 Å². The maximum atomic E-state index is 12.6. The van der Waals surface area contributed by atoms with Gasteiger partial charge in [0.1, 0.15) is 0 Å². The fourth-order valence-corrected chi connectivity index (χ4v) is 3.19. The number of morpholine rings is 1. The molecular formula is C20H20ClN3O3S. The van der Waals surface area contributed by atoms with Crippen molar-refractivity contribution in [3.63, 3.8) is 0 Å². The van der Waals surface area contributed by atoms with Gasteiger partial charge in [-0.25, -0.2) is 0 Å². The first-order chi connectivity index (χ1) is 13.4. The molecule has 0 radical (unpaired) electrons. The first-order valence-electron chi connectivity index (χ1n) is 8.79. The summed E-state index contributed by atoms with van der Waals surface area (Å²) in [6, 6.07) is 12.1. The van der Waals surface area contributed by atoms with Crippen LogP contribution >= 0.6 is 23.8 Å². The molecule has 146 valence electrons. The second-order valence-electron chi connectivity index (χ2n) is 6.38. The van der Waals surface area contributed by atoms with Gasteiger partial charge in [-0.1, -0.05) is 29.3 Å². The van der Waals surface area contributed by atoms with E-state index in [0.717, 1.165) is 5.56 Å². The van der Waals surface area contributed by atoms with E-state index < -0.39 is 0 Å². The monoisotopic (exact) mass is 417 g/mol. The molecule has 2 amide bonds. The van der Waals surface area contributed by atoms with Gasteiger partial charge in [0.15, 0.2) is 5.11 Å². The molecule has 2 aromatic rings. The van der Waals surface area contributed by atoms with Gasteiger partial charge >= 0.3 is 0 Å². The summed E-state index contributed by atoms with van der Waals surface area (Å²) in [7, 11) is 0. The maximum Gasteiger partial charge on any atom is 0.257 e. The van der Waals surface area contributed by atoms with Crippen LogP contribution < -0.4 is 10.6 Å². The van der Waals surface area contributed by atoms with Gasteiger partial charge in [0, 0.05) is 24.2 Å². The highest BCUT2D eigenvalue weighted by Crippen LogP contribution is 2.24. The lowest BCUT2D eigenvalue weighted by Crippen LogP contribution is -2.40. The summed E-state index contributed by atoms with van der Waals surface area (Å²) in [6.07, 6.45) is 0. The van der Waals surface area contributed by atoms with E-state index in [1.807, 2.05) is 13.0 Å². The van der Waals surface area contributed by atoms with Crippen molar-refractivity contribution in [2.75, 3.05) is 31.6 Å². The van der Waals surface area contributed by atoms with E-state index in [9.17, 15) is 9.59 Å². The molecule has 8 heteroatoms. The second kappa shape index (κ2) is 9.14. The van der Waals surface area contributed by atoms with Crippen LogP contribution in [0.5, 0.6) is 0 Å². The number of rotatable bonds is 3. The summed E-state index contributed by atoms with van der Waals surface area (Å²) < 4.78 is 5.28. The summed E-state index contributed by atoms with van der Waals surface area (Å²) in [5, 5.41) is 6.01. The number of amides is 2. The first kappa shape index (κ1) is 20.3. The van der Waals surface area contributed by atoms with Gasteiger partial charge in [-0.15, -0.1) is 0 Å². The molecule has 1 heterocycles. The Morgan fingerprint density at radius 1 is 1.11 bits per heavy atom. The summed E-state index contributed by atoms with van der Waals surface area (Å²) in [5.74, 6) is -0.421. The molecular weight excluding hydrogens is 398 g/mol. The standard InChI is InChI=1S/C20H20ClN3O3S/c1-13-3-2-4-14(11-13)18(25)23-20(28)22-17-12-15(5-6-16(17)21)19(26)24-7-9-27-10-8-24/h2-6,11-12H,7-10H2,1H3,(H2,22,23,25,28). The normalized spacial score (nSPS) is 13.7. The number of nitrogens with one attached hydrogen (secondary N) is 2. The van der Waals surface area contributed by atoms with E-state index in [2.05, 4.69) is 10.6 Å². The second-order valence-corrected chi connectivity index (χ2v) is 7.19. The lowest BCUT2D eigenvalue weighted by molar-refractivity contribution is 0.0303. The molecule has 2 N–H and O–H groups in total. The zero-order valence-corrected chi connectivity index (χ0v) is 16.9. The Morgan fingerprint density at radius 2 is 1.86 bits per heavy atom. The average Bonchev–Trinajstić information content (AvgIpc) is 2.69. The first-order valence-corrected chi connectivity index (χ1v) is 9.58. The molecule has 3 rings (SSSR count). The quantitative estimate of drug-likeness (QED) is 0.750. The van der Waals surface area contributed by atoms with Crippen LogP contribution in [0.2, 0.25) is 5.02 Å². The van der Waals surface area contributed by atoms with Gasteiger partial charge in [0.2, 0.25) is 0 Å². The van der Waals surface area contributed by atoms with Crippen molar-refractivity contribution in [1.29, 1.82) is 0 Å². The summed E-state index contributed by atoms with van der Waals surface area (Å²) in [6.45, 7) is 4.06. The molecule has 0 aromatic heterocycles. The molecule has 0 spiro atoms. The molecule has 0 aliphatic carbocycles. The van der Waals surface area contributed by atoms with E-state index in [-0.39, 0.29) is 16.9 Å². The molecule has 1 aliphatic heterocycles. The Balaban J connectivity index is 1.68. The maximum absolute atomic E-state index is 12.6. The highest BCUT2D eigenvalue weighted by Gasteiger charge is 2.19. The number of ether oxygens (including phenoxy) is 1. The van der Waals surface area contributed by atoms with Crippen LogP contribution in [0.4, 0.5) is 5.69 Å². The van der Waals surface area contributed by atoms with Gasteiger partial charge in [0.25, 0.3) is 11.8 Å². The van der Waals surface area contributed by atoms with Gasteiger partial charge in [0.05, 0.1) is 23.9 Å². The number of hydrogen-bond donors (Lipinski definition) is 2.